The van der Waals surface area contributed by atoms with Crippen molar-refractivity contribution in [3.63, 3.8) is 0 Å². The van der Waals surface area contributed by atoms with Gasteiger partial charge in [-0.1, -0.05) is 19.1 Å². The number of rotatable bonds is 4. The summed E-state index contributed by atoms with van der Waals surface area (Å²) in [5.74, 6) is -0.147. The van der Waals surface area contributed by atoms with Crippen LogP contribution in [0.5, 0.6) is 0 Å². The fraction of sp³-hybridized carbons (Fsp3) is 0.625. The first-order valence-corrected chi connectivity index (χ1v) is 7.19. The van der Waals surface area contributed by atoms with Crippen LogP contribution in [0.15, 0.2) is 18.2 Å². The predicted octanol–water partition coefficient (Wildman–Crippen LogP) is 3.53. The Balaban J connectivity index is 2.14. The average molecular weight is 265 g/mol. The van der Waals surface area contributed by atoms with Gasteiger partial charge < -0.3 is 10.1 Å². The van der Waals surface area contributed by atoms with E-state index in [2.05, 4.69) is 19.2 Å². The zero-order chi connectivity index (χ0) is 13.9. The average Bonchev–Trinajstić information content (AvgIpc) is 2.39. The largest absolute Gasteiger partial charge is 0.370 e. The standard InChI is InChI=1S/C16H24FNO/c1-4-8-18-14-7-9-19-16(3,11-14)13-6-5-12(2)15(17)10-13/h5-6,10,14,18H,4,7-9,11H2,1-3H3. The number of nitrogens with one attached hydrogen (secondary N) is 1. The minimum Gasteiger partial charge on any atom is -0.370 e. The molecule has 2 atom stereocenters. The number of hydrogen-bond donors (Lipinski definition) is 1. The minimum atomic E-state index is -0.377. The highest BCUT2D eigenvalue weighted by Gasteiger charge is 2.34. The number of halogens is 1. The molecule has 2 unspecified atom stereocenters. The smallest absolute Gasteiger partial charge is 0.126 e. The van der Waals surface area contributed by atoms with E-state index in [1.807, 2.05) is 12.1 Å². The monoisotopic (exact) mass is 265 g/mol. The summed E-state index contributed by atoms with van der Waals surface area (Å²) in [7, 11) is 0. The van der Waals surface area contributed by atoms with Crippen LogP contribution in [0.4, 0.5) is 4.39 Å². The molecule has 1 aliphatic heterocycles. The molecule has 1 saturated heterocycles. The van der Waals surface area contributed by atoms with Gasteiger partial charge in [0.15, 0.2) is 0 Å². The van der Waals surface area contributed by atoms with Crippen molar-refractivity contribution in [3.05, 3.63) is 35.1 Å². The lowest BCUT2D eigenvalue weighted by atomic mass is 9.85. The van der Waals surface area contributed by atoms with Gasteiger partial charge in [-0.15, -0.1) is 0 Å². The lowest BCUT2D eigenvalue weighted by molar-refractivity contribution is -0.0813. The second-order valence-corrected chi connectivity index (χ2v) is 5.69. The summed E-state index contributed by atoms with van der Waals surface area (Å²) in [4.78, 5) is 0. The van der Waals surface area contributed by atoms with E-state index < -0.39 is 0 Å². The second kappa shape index (κ2) is 6.02. The van der Waals surface area contributed by atoms with Crippen LogP contribution in [-0.4, -0.2) is 19.2 Å². The van der Waals surface area contributed by atoms with Crippen LogP contribution in [0.2, 0.25) is 0 Å². The third-order valence-electron chi connectivity index (χ3n) is 3.99. The van der Waals surface area contributed by atoms with Crippen LogP contribution >= 0.6 is 0 Å². The Bertz CT molecular complexity index is 435. The number of aryl methyl sites for hydroxylation is 1. The van der Waals surface area contributed by atoms with Gasteiger partial charge in [0, 0.05) is 12.6 Å². The van der Waals surface area contributed by atoms with Crippen molar-refractivity contribution in [1.29, 1.82) is 0 Å². The molecule has 0 bridgehead atoms. The summed E-state index contributed by atoms with van der Waals surface area (Å²) in [6, 6.07) is 5.91. The number of hydrogen-bond acceptors (Lipinski definition) is 2. The maximum Gasteiger partial charge on any atom is 0.126 e. The summed E-state index contributed by atoms with van der Waals surface area (Å²) in [6.45, 7) is 7.78. The number of benzene rings is 1. The zero-order valence-electron chi connectivity index (χ0n) is 12.1. The van der Waals surface area contributed by atoms with Gasteiger partial charge in [-0.2, -0.15) is 0 Å². The fourth-order valence-corrected chi connectivity index (χ4v) is 2.70. The van der Waals surface area contributed by atoms with Crippen LogP contribution in [0.3, 0.4) is 0 Å². The molecule has 2 nitrogen and oxygen atoms in total. The molecule has 0 saturated carbocycles. The SMILES string of the molecule is CCCNC1CCOC(C)(c2ccc(C)c(F)c2)C1. The predicted molar refractivity (Wildman–Crippen MR) is 75.8 cm³/mol. The normalized spacial score (nSPS) is 27.5. The first kappa shape index (κ1) is 14.5. The summed E-state index contributed by atoms with van der Waals surface area (Å²) in [5.41, 5.74) is 1.25. The summed E-state index contributed by atoms with van der Waals surface area (Å²) in [6.07, 6.45) is 3.06. The van der Waals surface area contributed by atoms with E-state index in [1.165, 1.54) is 0 Å². The molecule has 19 heavy (non-hydrogen) atoms. The molecule has 1 aromatic rings. The van der Waals surface area contributed by atoms with Gasteiger partial charge in [0.25, 0.3) is 0 Å². The van der Waals surface area contributed by atoms with Crippen molar-refractivity contribution in [1.82, 2.24) is 5.32 Å². The Kier molecular flexibility index (Phi) is 4.58. The van der Waals surface area contributed by atoms with Crippen molar-refractivity contribution in [3.8, 4) is 0 Å². The van der Waals surface area contributed by atoms with Crippen molar-refractivity contribution >= 4 is 0 Å². The highest BCUT2D eigenvalue weighted by Crippen LogP contribution is 2.35. The highest BCUT2D eigenvalue weighted by molar-refractivity contribution is 5.28. The molecule has 0 spiro atoms. The molecule has 2 rings (SSSR count). The quantitative estimate of drug-likeness (QED) is 0.899. The van der Waals surface area contributed by atoms with Crippen molar-refractivity contribution < 1.29 is 9.13 Å². The Labute approximate surface area is 115 Å². The molecule has 0 aromatic heterocycles. The van der Waals surface area contributed by atoms with Gasteiger partial charge in [-0.25, -0.2) is 4.39 Å². The van der Waals surface area contributed by atoms with Gasteiger partial charge >= 0.3 is 0 Å². The maximum atomic E-state index is 13.7. The maximum absolute atomic E-state index is 13.7. The molecule has 0 radical (unpaired) electrons. The van der Waals surface area contributed by atoms with Crippen LogP contribution < -0.4 is 5.32 Å². The van der Waals surface area contributed by atoms with Gasteiger partial charge in [0.1, 0.15) is 5.82 Å². The molecule has 3 heteroatoms. The third kappa shape index (κ3) is 3.34. The first-order valence-electron chi connectivity index (χ1n) is 7.19. The molecule has 1 N–H and O–H groups in total. The second-order valence-electron chi connectivity index (χ2n) is 5.69. The van der Waals surface area contributed by atoms with Crippen molar-refractivity contribution in [2.24, 2.45) is 0 Å². The molecule has 0 aliphatic carbocycles. The van der Waals surface area contributed by atoms with E-state index in [4.69, 9.17) is 4.74 Å². The third-order valence-corrected chi connectivity index (χ3v) is 3.99. The van der Waals surface area contributed by atoms with E-state index in [1.54, 1.807) is 13.0 Å². The Morgan fingerprint density at radius 2 is 2.26 bits per heavy atom. The van der Waals surface area contributed by atoms with Gasteiger partial charge in [0.2, 0.25) is 0 Å². The summed E-state index contributed by atoms with van der Waals surface area (Å²) < 4.78 is 19.7. The lowest BCUT2D eigenvalue weighted by Crippen LogP contribution is -2.44. The Morgan fingerprint density at radius 1 is 1.47 bits per heavy atom. The van der Waals surface area contributed by atoms with E-state index in [9.17, 15) is 4.39 Å². The number of ether oxygens (including phenoxy) is 1. The van der Waals surface area contributed by atoms with Gasteiger partial charge in [-0.05, 0) is 56.8 Å². The van der Waals surface area contributed by atoms with E-state index in [0.29, 0.717) is 11.6 Å². The molecule has 1 aromatic carbocycles. The first-order chi connectivity index (χ1) is 9.05. The van der Waals surface area contributed by atoms with Crippen LogP contribution in [-0.2, 0) is 10.3 Å². The van der Waals surface area contributed by atoms with Crippen LogP contribution in [0.1, 0.15) is 44.2 Å². The molecule has 1 fully saturated rings. The molecular weight excluding hydrogens is 241 g/mol. The lowest BCUT2D eigenvalue weighted by Gasteiger charge is -2.39. The van der Waals surface area contributed by atoms with Crippen molar-refractivity contribution in [2.75, 3.05) is 13.2 Å². The molecular formula is C16H24FNO. The molecule has 1 aliphatic rings. The van der Waals surface area contributed by atoms with E-state index >= 15 is 0 Å². The van der Waals surface area contributed by atoms with E-state index in [0.717, 1.165) is 38.0 Å². The fourth-order valence-electron chi connectivity index (χ4n) is 2.70. The van der Waals surface area contributed by atoms with Crippen LogP contribution in [0, 0.1) is 12.7 Å². The van der Waals surface area contributed by atoms with Gasteiger partial charge in [-0.3, -0.25) is 0 Å². The highest BCUT2D eigenvalue weighted by atomic mass is 19.1. The zero-order valence-corrected chi connectivity index (χ0v) is 12.1. The minimum absolute atomic E-state index is 0.147. The summed E-state index contributed by atoms with van der Waals surface area (Å²) >= 11 is 0. The van der Waals surface area contributed by atoms with Crippen LogP contribution in [0.25, 0.3) is 0 Å². The molecule has 0 amide bonds. The molecule has 106 valence electrons. The summed E-state index contributed by atoms with van der Waals surface area (Å²) in [5, 5.41) is 3.55. The topological polar surface area (TPSA) is 21.3 Å². The van der Waals surface area contributed by atoms with E-state index in [-0.39, 0.29) is 11.4 Å². The van der Waals surface area contributed by atoms with Crippen molar-refractivity contribution in [2.45, 2.75) is 51.7 Å². The molecule has 1 heterocycles. The Hall–Kier alpha value is -0.930. The Morgan fingerprint density at radius 3 is 2.95 bits per heavy atom. The van der Waals surface area contributed by atoms with Gasteiger partial charge in [0.05, 0.1) is 5.60 Å².